The minimum Gasteiger partial charge on any atom is -0.508 e. The fraction of sp³-hybridized carbons (Fsp3) is 0.739. The van der Waals surface area contributed by atoms with Gasteiger partial charge in [-0.15, -0.1) is 0 Å². The molecule has 3 atom stereocenters. The largest absolute Gasteiger partial charge is 0.508 e. The van der Waals surface area contributed by atoms with Gasteiger partial charge >= 0.3 is 0 Å². The highest BCUT2D eigenvalue weighted by Crippen LogP contribution is 2.47. The summed E-state index contributed by atoms with van der Waals surface area (Å²) >= 11 is 0. The quantitative estimate of drug-likeness (QED) is 0.747. The van der Waals surface area contributed by atoms with Crippen LogP contribution in [0.4, 0.5) is 0 Å². The molecule has 0 radical (unpaired) electrons. The van der Waals surface area contributed by atoms with E-state index in [1.54, 1.807) is 0 Å². The number of fused-ring (bicyclic) bond motifs is 4. The molecule has 5 rings (SSSR count). The van der Waals surface area contributed by atoms with Gasteiger partial charge < -0.3 is 15.7 Å². The lowest BCUT2D eigenvalue weighted by molar-refractivity contribution is 0.0404. The summed E-state index contributed by atoms with van der Waals surface area (Å²) in [6, 6.07) is 7.21. The molecule has 2 aliphatic carbocycles. The lowest BCUT2D eigenvalue weighted by atomic mass is 9.61. The van der Waals surface area contributed by atoms with Gasteiger partial charge in [-0.05, 0) is 99.8 Å². The highest BCUT2D eigenvalue weighted by molar-refractivity contribution is 5.45. The molecule has 3 N–H and O–H groups in total. The first kappa shape index (κ1) is 18.0. The van der Waals surface area contributed by atoms with Crippen molar-refractivity contribution in [1.82, 2.24) is 15.5 Å². The third-order valence-corrected chi connectivity index (χ3v) is 7.87. The average molecular weight is 370 g/mol. The van der Waals surface area contributed by atoms with Gasteiger partial charge in [-0.2, -0.15) is 0 Å². The van der Waals surface area contributed by atoms with Crippen molar-refractivity contribution in [3.05, 3.63) is 29.3 Å². The van der Waals surface area contributed by atoms with E-state index in [4.69, 9.17) is 0 Å². The zero-order valence-electron chi connectivity index (χ0n) is 16.7. The smallest absolute Gasteiger partial charge is 0.115 e. The molecule has 1 aromatic rings. The summed E-state index contributed by atoms with van der Waals surface area (Å²) in [6.07, 6.45) is 7.77. The van der Waals surface area contributed by atoms with Crippen LogP contribution in [0.5, 0.6) is 5.75 Å². The van der Waals surface area contributed by atoms with Crippen LogP contribution in [0.3, 0.4) is 0 Å². The van der Waals surface area contributed by atoms with Gasteiger partial charge in [0, 0.05) is 24.0 Å². The van der Waals surface area contributed by atoms with E-state index in [0.29, 0.717) is 17.8 Å². The van der Waals surface area contributed by atoms with Crippen LogP contribution in [0.1, 0.15) is 50.2 Å². The molecule has 148 valence electrons. The van der Waals surface area contributed by atoms with Gasteiger partial charge in [-0.1, -0.05) is 13.0 Å². The van der Waals surface area contributed by atoms with E-state index in [1.165, 1.54) is 69.4 Å². The average Bonchev–Trinajstić information content (AvgIpc) is 3.49. The fourth-order valence-corrected chi connectivity index (χ4v) is 5.98. The van der Waals surface area contributed by atoms with Crippen molar-refractivity contribution in [2.75, 3.05) is 32.7 Å². The zero-order valence-corrected chi connectivity index (χ0v) is 16.7. The van der Waals surface area contributed by atoms with E-state index in [-0.39, 0.29) is 5.41 Å². The van der Waals surface area contributed by atoms with E-state index in [2.05, 4.69) is 34.6 Å². The number of hydrogen-bond acceptors (Lipinski definition) is 4. The molecule has 4 aliphatic rings. The Hall–Kier alpha value is -1.10. The van der Waals surface area contributed by atoms with Crippen LogP contribution in [0, 0.1) is 11.8 Å². The highest BCUT2D eigenvalue weighted by atomic mass is 16.3. The van der Waals surface area contributed by atoms with Gasteiger partial charge in [-0.3, -0.25) is 4.90 Å². The fourth-order valence-electron chi connectivity index (χ4n) is 5.98. The molecule has 2 saturated heterocycles. The maximum atomic E-state index is 10.2. The number of hydrogen-bond donors (Lipinski definition) is 3. The summed E-state index contributed by atoms with van der Waals surface area (Å²) in [5, 5.41) is 17.7. The standard InChI is InChI=1S/C23H35N3O/c1-23-8-11-26(15-17-2-3-17)21(12-18-4-5-19(27)13-20(18)23)22(23)25-14-16-6-9-24-10-7-16/h4-5,13,16-17,21-22,24-25,27H,2-3,6-12,14-15H2,1H3/t21-,22-,23+/m1/s1. The molecule has 2 aliphatic heterocycles. The molecule has 0 unspecified atom stereocenters. The monoisotopic (exact) mass is 369 g/mol. The highest BCUT2D eigenvalue weighted by Gasteiger charge is 2.51. The summed E-state index contributed by atoms with van der Waals surface area (Å²) in [7, 11) is 0. The number of benzene rings is 1. The van der Waals surface area contributed by atoms with Crippen molar-refractivity contribution in [3.63, 3.8) is 0 Å². The van der Waals surface area contributed by atoms with Crippen LogP contribution in [-0.2, 0) is 11.8 Å². The van der Waals surface area contributed by atoms with Crippen molar-refractivity contribution in [2.24, 2.45) is 11.8 Å². The van der Waals surface area contributed by atoms with Gasteiger partial charge in [0.25, 0.3) is 0 Å². The van der Waals surface area contributed by atoms with Crippen molar-refractivity contribution < 1.29 is 5.11 Å². The van der Waals surface area contributed by atoms with E-state index in [0.717, 1.165) is 24.8 Å². The molecule has 4 nitrogen and oxygen atoms in total. The molecule has 1 aromatic carbocycles. The Morgan fingerprint density at radius 3 is 2.78 bits per heavy atom. The molecule has 0 aromatic heterocycles. The second-order valence-corrected chi connectivity index (χ2v) is 9.80. The van der Waals surface area contributed by atoms with Gasteiger partial charge in [0.1, 0.15) is 5.75 Å². The number of aromatic hydroxyl groups is 1. The van der Waals surface area contributed by atoms with E-state index in [1.807, 2.05) is 6.07 Å². The molecule has 0 amide bonds. The molecule has 2 bridgehead atoms. The second kappa shape index (κ2) is 7.06. The zero-order chi connectivity index (χ0) is 18.4. The molecule has 3 fully saturated rings. The summed E-state index contributed by atoms with van der Waals surface area (Å²) in [4.78, 5) is 2.80. The molecule has 27 heavy (non-hydrogen) atoms. The first-order valence-electron chi connectivity index (χ1n) is 11.1. The topological polar surface area (TPSA) is 47.5 Å². The first-order valence-corrected chi connectivity index (χ1v) is 11.1. The van der Waals surface area contributed by atoms with Crippen molar-refractivity contribution in [3.8, 4) is 5.75 Å². The summed E-state index contributed by atoms with van der Waals surface area (Å²) in [6.45, 7) is 8.43. The van der Waals surface area contributed by atoms with Crippen LogP contribution in [0.2, 0.25) is 0 Å². The predicted molar refractivity (Wildman–Crippen MR) is 109 cm³/mol. The number of piperidine rings is 2. The number of phenolic OH excluding ortho intramolecular Hbond substituents is 1. The molecular formula is C23H35N3O. The summed E-state index contributed by atoms with van der Waals surface area (Å²) in [5.41, 5.74) is 2.98. The third kappa shape index (κ3) is 3.41. The Balaban J connectivity index is 1.42. The van der Waals surface area contributed by atoms with Crippen molar-refractivity contribution in [2.45, 2.75) is 62.9 Å². The maximum absolute atomic E-state index is 10.2. The Bertz CT molecular complexity index is 682. The van der Waals surface area contributed by atoms with Gasteiger partial charge in [0.2, 0.25) is 0 Å². The van der Waals surface area contributed by atoms with Crippen LogP contribution < -0.4 is 10.6 Å². The van der Waals surface area contributed by atoms with E-state index in [9.17, 15) is 5.11 Å². The second-order valence-electron chi connectivity index (χ2n) is 9.80. The van der Waals surface area contributed by atoms with Crippen molar-refractivity contribution >= 4 is 0 Å². The number of nitrogens with one attached hydrogen (secondary N) is 2. The minimum absolute atomic E-state index is 0.129. The van der Waals surface area contributed by atoms with Crippen molar-refractivity contribution in [1.29, 1.82) is 0 Å². The van der Waals surface area contributed by atoms with E-state index < -0.39 is 0 Å². The van der Waals surface area contributed by atoms with Crippen LogP contribution in [0.15, 0.2) is 18.2 Å². The molecular weight excluding hydrogens is 334 g/mol. The van der Waals surface area contributed by atoms with Crippen LogP contribution >= 0.6 is 0 Å². The predicted octanol–water partition coefficient (Wildman–Crippen LogP) is 2.65. The lowest BCUT2D eigenvalue weighted by Crippen LogP contribution is -2.67. The first-order chi connectivity index (χ1) is 13.1. The SMILES string of the molecule is C[C@]12CCN(CC3CC3)[C@H](Cc3ccc(O)cc31)[C@H]2NCC1CCNCC1. The maximum Gasteiger partial charge on any atom is 0.115 e. The number of phenols is 1. The third-order valence-electron chi connectivity index (χ3n) is 7.87. The van der Waals surface area contributed by atoms with Gasteiger partial charge in [-0.25, -0.2) is 0 Å². The molecule has 4 heteroatoms. The summed E-state index contributed by atoms with van der Waals surface area (Å²) < 4.78 is 0. The number of likely N-dealkylation sites (tertiary alicyclic amines) is 1. The lowest BCUT2D eigenvalue weighted by Gasteiger charge is -2.56. The Kier molecular flexibility index (Phi) is 4.69. The summed E-state index contributed by atoms with van der Waals surface area (Å²) in [5.74, 6) is 2.17. The minimum atomic E-state index is 0.129. The Morgan fingerprint density at radius 1 is 1.19 bits per heavy atom. The van der Waals surface area contributed by atoms with E-state index >= 15 is 0 Å². The van der Waals surface area contributed by atoms with Crippen LogP contribution in [-0.4, -0.2) is 54.8 Å². The molecule has 0 spiro atoms. The van der Waals surface area contributed by atoms with Crippen LogP contribution in [0.25, 0.3) is 0 Å². The normalized spacial score (nSPS) is 34.4. The van der Waals surface area contributed by atoms with Gasteiger partial charge in [0.05, 0.1) is 0 Å². The number of nitrogens with zero attached hydrogens (tertiary/aromatic N) is 1. The molecule has 2 heterocycles. The Labute approximate surface area is 163 Å². The van der Waals surface area contributed by atoms with Gasteiger partial charge in [0.15, 0.2) is 0 Å². The Morgan fingerprint density at radius 2 is 2.00 bits per heavy atom. The number of rotatable bonds is 5. The molecule has 1 saturated carbocycles.